The lowest BCUT2D eigenvalue weighted by Crippen LogP contribution is -2.66. The first-order chi connectivity index (χ1) is 40.8. The first kappa shape index (κ1) is 67.7. The van der Waals surface area contributed by atoms with E-state index in [4.69, 9.17) is 52.1 Å². The van der Waals surface area contributed by atoms with Crippen molar-refractivity contribution in [3.05, 3.63) is 0 Å². The number of hydrogen-bond donors (Lipinski definition) is 18. The van der Waals surface area contributed by atoms with Crippen LogP contribution in [0.5, 0.6) is 0 Å². The lowest BCUT2D eigenvalue weighted by Gasteiger charge is -2.61. The SMILES string of the molecule is C[C@@H](CCC1(O)O[C@H]2C[C@H]3[C@@H]4CC[C@@H]5C[C@@H](O[C@@H]6O[C@H](CO)[C@H](O)[C@H](O)[C@H]6O[C@@H]6O[C@H](CO)[C@@H](O[C@H]7O[C@H](CO)[C@@H](O)[C@H](O)[C@H]7O)[C@H](O)[C@H]6O)CC[C@]5(C)[C@H]4CC[C@]3(C)[C@H]2[C@@H]1C)CO[C@@H]1O[C@H](CO)[C@@H](O[C@H]2O[C@H](CO)[C@@H](O)[C@H](O)[C@H]2O)[C@H](O)[C@H]1O. The molecule has 4 saturated carbocycles. The molecule has 1 unspecified atom stereocenters. The van der Waals surface area contributed by atoms with Crippen molar-refractivity contribution in [1.82, 2.24) is 0 Å². The van der Waals surface area contributed by atoms with E-state index in [9.17, 15) is 91.9 Å². The van der Waals surface area contributed by atoms with Crippen molar-refractivity contribution < 1.29 is 144 Å². The molecule has 0 aromatic carbocycles. The second kappa shape index (κ2) is 27.1. The molecular formula is C57H96O29. The largest absolute Gasteiger partial charge is 0.394 e. The van der Waals surface area contributed by atoms with Crippen LogP contribution in [0.2, 0.25) is 0 Å². The van der Waals surface area contributed by atoms with Gasteiger partial charge in [0.15, 0.2) is 37.2 Å². The van der Waals surface area contributed by atoms with Crippen LogP contribution in [0, 0.1) is 52.3 Å². The average Bonchev–Trinajstić information content (AvgIpc) is 1.50. The third-order valence-corrected chi connectivity index (χ3v) is 22.2. The minimum atomic E-state index is -1.96. The fourth-order valence-electron chi connectivity index (χ4n) is 17.1. The topological polar surface area (TPSA) is 466 Å². The van der Waals surface area contributed by atoms with E-state index in [-0.39, 0.29) is 47.2 Å². The summed E-state index contributed by atoms with van der Waals surface area (Å²) in [4.78, 5) is 0. The van der Waals surface area contributed by atoms with Crippen LogP contribution >= 0.6 is 0 Å². The highest BCUT2D eigenvalue weighted by Gasteiger charge is 2.69. The van der Waals surface area contributed by atoms with E-state index in [1.807, 2.05) is 6.92 Å². The van der Waals surface area contributed by atoms with Crippen LogP contribution in [0.1, 0.15) is 91.9 Å². The molecule has 0 aromatic rings. The van der Waals surface area contributed by atoms with E-state index in [1.54, 1.807) is 0 Å². The third-order valence-electron chi connectivity index (χ3n) is 22.2. The number of aliphatic hydroxyl groups is 18. The molecule has 37 atom stereocenters. The van der Waals surface area contributed by atoms with Crippen LogP contribution in [0.4, 0.5) is 0 Å². The minimum absolute atomic E-state index is 0.0394. The van der Waals surface area contributed by atoms with E-state index in [2.05, 4.69) is 20.8 Å². The van der Waals surface area contributed by atoms with Gasteiger partial charge in [-0.25, -0.2) is 0 Å². The first-order valence-electron chi connectivity index (χ1n) is 30.9. The summed E-state index contributed by atoms with van der Waals surface area (Å²) in [5.74, 6) is -0.277. The maximum atomic E-state index is 12.3. The Morgan fingerprint density at radius 1 is 0.465 bits per heavy atom. The molecule has 29 nitrogen and oxygen atoms in total. The van der Waals surface area contributed by atoms with Crippen molar-refractivity contribution in [1.29, 1.82) is 0 Å². The van der Waals surface area contributed by atoms with Gasteiger partial charge in [-0.3, -0.25) is 0 Å². The smallest absolute Gasteiger partial charge is 0.187 e. The quantitative estimate of drug-likeness (QED) is 0.0535. The second-order valence-electron chi connectivity index (χ2n) is 27.1. The van der Waals surface area contributed by atoms with E-state index >= 15 is 0 Å². The van der Waals surface area contributed by atoms with Crippen LogP contribution in [0.3, 0.4) is 0 Å². The Kier molecular flexibility index (Phi) is 21.3. The van der Waals surface area contributed by atoms with Gasteiger partial charge in [-0.1, -0.05) is 27.7 Å². The molecule has 0 spiro atoms. The molecular weight excluding hydrogens is 1150 g/mol. The summed E-state index contributed by atoms with van der Waals surface area (Å²) in [7, 11) is 0. The van der Waals surface area contributed by atoms with Gasteiger partial charge in [0.25, 0.3) is 0 Å². The number of fused-ring (bicyclic) bond motifs is 7. The maximum Gasteiger partial charge on any atom is 0.187 e. The highest BCUT2D eigenvalue weighted by molar-refractivity contribution is 5.15. The Morgan fingerprint density at radius 3 is 1.47 bits per heavy atom. The van der Waals surface area contributed by atoms with Gasteiger partial charge in [-0.15, -0.1) is 0 Å². The fourth-order valence-corrected chi connectivity index (χ4v) is 17.1. The Morgan fingerprint density at radius 2 is 0.919 bits per heavy atom. The van der Waals surface area contributed by atoms with E-state index < -0.39 is 198 Å². The molecule has 6 saturated heterocycles. The van der Waals surface area contributed by atoms with Gasteiger partial charge in [0.1, 0.15) is 122 Å². The maximum absolute atomic E-state index is 12.3. The molecule has 6 aliphatic heterocycles. The van der Waals surface area contributed by atoms with E-state index in [1.165, 1.54) is 0 Å². The zero-order valence-electron chi connectivity index (χ0n) is 49.0. The normalized spacial score (nSPS) is 55.3. The van der Waals surface area contributed by atoms with Gasteiger partial charge in [0.05, 0.1) is 51.8 Å². The molecule has 6 heterocycles. The monoisotopic (exact) mass is 1240 g/mol. The molecule has 4 aliphatic carbocycles. The van der Waals surface area contributed by atoms with Gasteiger partial charge in [0.2, 0.25) is 0 Å². The molecule has 29 heteroatoms. The lowest BCUT2D eigenvalue weighted by atomic mass is 9.44. The predicted octanol–water partition coefficient (Wildman–Crippen LogP) is -6.13. The Bertz CT molecular complexity index is 2190. The van der Waals surface area contributed by atoms with Gasteiger partial charge in [0, 0.05) is 12.3 Å². The average molecular weight is 1250 g/mol. The standard InChI is InChI=1S/C57H96O29/c1-21(20-76-50-45(73)41(69)47(32(18-61)81-50)83-51-43(71)38(66)35(63)29(15-58)78-51)7-12-57(75)22(2)34-28(86-57)14-27-25-6-5-23-13-24(8-10-55(23,3)26(25)9-11-56(27,34)4)77-54-49(40(68)37(65)31(17-60)80-54)85-53-46(74)42(70)48(33(19-62)82-53)84-52-44(72)39(67)36(64)30(16-59)79-52/h21-54,58-75H,5-20H2,1-4H3/t21-,22-,23+,24-,25+,26-,27-,28-,29+,30+,31+,32+,33+,34-,35+,36+,37-,38-,39-,40-,41+,42+,43+,44+,45+,46+,47+,48+,49+,50+,51+,52+,53-,54+,55-,56-,57?/m0/s1. The zero-order chi connectivity index (χ0) is 62.2. The van der Waals surface area contributed by atoms with Crippen molar-refractivity contribution in [3.63, 3.8) is 0 Å². The van der Waals surface area contributed by atoms with Crippen molar-refractivity contribution in [2.75, 3.05) is 39.6 Å². The Hall–Kier alpha value is -1.16. The van der Waals surface area contributed by atoms with E-state index in [0.717, 1.165) is 38.5 Å². The van der Waals surface area contributed by atoms with Crippen LogP contribution in [-0.2, 0) is 52.1 Å². The lowest BCUT2D eigenvalue weighted by molar-refractivity contribution is -0.387. The molecule has 0 bridgehead atoms. The summed E-state index contributed by atoms with van der Waals surface area (Å²) in [5.41, 5.74) is -0.150. The second-order valence-corrected chi connectivity index (χ2v) is 27.1. The van der Waals surface area contributed by atoms with Crippen LogP contribution in [-0.4, -0.2) is 303 Å². The van der Waals surface area contributed by atoms with Crippen LogP contribution < -0.4 is 0 Å². The molecule has 10 rings (SSSR count). The number of rotatable bonds is 19. The summed E-state index contributed by atoms with van der Waals surface area (Å²) < 4.78 is 65.3. The van der Waals surface area contributed by atoms with Gasteiger partial charge >= 0.3 is 0 Å². The minimum Gasteiger partial charge on any atom is -0.394 e. The van der Waals surface area contributed by atoms with E-state index in [0.29, 0.717) is 43.4 Å². The van der Waals surface area contributed by atoms with Crippen molar-refractivity contribution in [2.24, 2.45) is 52.3 Å². The van der Waals surface area contributed by atoms with Gasteiger partial charge in [-0.2, -0.15) is 0 Å². The first-order valence-corrected chi connectivity index (χ1v) is 30.9. The molecule has 498 valence electrons. The van der Waals surface area contributed by atoms with Crippen LogP contribution in [0.15, 0.2) is 0 Å². The summed E-state index contributed by atoms with van der Waals surface area (Å²) in [6, 6.07) is 0. The fraction of sp³-hybridized carbons (Fsp3) is 1.00. The predicted molar refractivity (Wildman–Crippen MR) is 284 cm³/mol. The molecule has 0 aromatic heterocycles. The summed E-state index contributed by atoms with van der Waals surface area (Å²) in [5, 5.41) is 192. The highest BCUT2D eigenvalue weighted by Crippen LogP contribution is 2.71. The highest BCUT2D eigenvalue weighted by atomic mass is 16.8. The number of aliphatic hydroxyl groups excluding tert-OH is 17. The molecule has 0 radical (unpaired) electrons. The molecule has 18 N–H and O–H groups in total. The molecule has 10 fully saturated rings. The van der Waals surface area contributed by atoms with Gasteiger partial charge < -0.3 is 144 Å². The third kappa shape index (κ3) is 12.4. The van der Waals surface area contributed by atoms with Crippen molar-refractivity contribution >= 4 is 0 Å². The molecule has 0 amide bonds. The molecule has 86 heavy (non-hydrogen) atoms. The Labute approximate surface area is 498 Å². The summed E-state index contributed by atoms with van der Waals surface area (Å²) in [6.07, 6.45) is -33.8. The molecule has 10 aliphatic rings. The number of hydrogen-bond acceptors (Lipinski definition) is 29. The zero-order valence-corrected chi connectivity index (χ0v) is 49.0. The Balaban J connectivity index is 0.717. The summed E-state index contributed by atoms with van der Waals surface area (Å²) >= 11 is 0. The van der Waals surface area contributed by atoms with Crippen LogP contribution in [0.25, 0.3) is 0 Å². The van der Waals surface area contributed by atoms with Gasteiger partial charge in [-0.05, 0) is 104 Å². The van der Waals surface area contributed by atoms with Crippen molar-refractivity contribution in [3.8, 4) is 0 Å². The number of ether oxygens (including phenoxy) is 11. The summed E-state index contributed by atoms with van der Waals surface area (Å²) in [6.45, 7) is 5.06. The van der Waals surface area contributed by atoms with Crippen molar-refractivity contribution in [2.45, 2.75) is 263 Å².